The van der Waals surface area contributed by atoms with Crippen LogP contribution >= 0.6 is 0 Å². The lowest BCUT2D eigenvalue weighted by Crippen LogP contribution is -2.48. The second-order valence-electron chi connectivity index (χ2n) is 8.47. The molecule has 4 heterocycles. The SMILES string of the molecule is O=C1C(c2ccccc2)=C(N2CCN(c3ccccn3)CC2)C(=O)N1CCN1CCOCC1. The van der Waals surface area contributed by atoms with Gasteiger partial charge in [-0.2, -0.15) is 0 Å². The molecule has 172 valence electrons. The van der Waals surface area contributed by atoms with Crippen molar-refractivity contribution in [1.29, 1.82) is 0 Å². The minimum absolute atomic E-state index is 0.182. The van der Waals surface area contributed by atoms with Crippen LogP contribution in [0.4, 0.5) is 5.82 Å². The molecule has 0 spiro atoms. The molecule has 0 radical (unpaired) electrons. The molecule has 8 heteroatoms. The van der Waals surface area contributed by atoms with Gasteiger partial charge in [0.2, 0.25) is 0 Å². The first kappa shape index (κ1) is 21.6. The van der Waals surface area contributed by atoms with Crippen molar-refractivity contribution in [2.75, 3.05) is 70.5 Å². The van der Waals surface area contributed by atoms with Gasteiger partial charge >= 0.3 is 0 Å². The van der Waals surface area contributed by atoms with Gasteiger partial charge in [0.15, 0.2) is 0 Å². The number of nitrogens with zero attached hydrogens (tertiary/aromatic N) is 5. The van der Waals surface area contributed by atoms with E-state index >= 15 is 0 Å². The summed E-state index contributed by atoms with van der Waals surface area (Å²) in [6.45, 7) is 6.94. The molecule has 2 fully saturated rings. The molecule has 1 aromatic carbocycles. The first-order valence-corrected chi connectivity index (χ1v) is 11.6. The molecule has 2 saturated heterocycles. The van der Waals surface area contributed by atoms with Crippen molar-refractivity contribution in [1.82, 2.24) is 19.7 Å². The Hall–Kier alpha value is -3.23. The fourth-order valence-electron chi connectivity index (χ4n) is 4.69. The Balaban J connectivity index is 1.36. The van der Waals surface area contributed by atoms with Crippen LogP contribution in [0.5, 0.6) is 0 Å². The number of rotatable bonds is 6. The van der Waals surface area contributed by atoms with E-state index in [1.54, 1.807) is 6.20 Å². The van der Waals surface area contributed by atoms with Crippen molar-refractivity contribution in [2.24, 2.45) is 0 Å². The zero-order chi connectivity index (χ0) is 22.6. The average Bonchev–Trinajstić information content (AvgIpc) is 3.13. The summed E-state index contributed by atoms with van der Waals surface area (Å²) in [5, 5.41) is 0. The van der Waals surface area contributed by atoms with Crippen LogP contribution in [0.15, 0.2) is 60.4 Å². The van der Waals surface area contributed by atoms with E-state index in [-0.39, 0.29) is 11.8 Å². The van der Waals surface area contributed by atoms with E-state index in [1.807, 2.05) is 48.5 Å². The van der Waals surface area contributed by atoms with E-state index in [2.05, 4.69) is 19.7 Å². The van der Waals surface area contributed by atoms with Gasteiger partial charge in [-0.15, -0.1) is 0 Å². The van der Waals surface area contributed by atoms with Crippen LogP contribution in [0.1, 0.15) is 5.56 Å². The highest BCUT2D eigenvalue weighted by atomic mass is 16.5. The molecule has 0 bridgehead atoms. The minimum atomic E-state index is -0.193. The second-order valence-corrected chi connectivity index (χ2v) is 8.47. The van der Waals surface area contributed by atoms with E-state index in [0.29, 0.717) is 50.7 Å². The molecule has 0 N–H and O–H groups in total. The second kappa shape index (κ2) is 9.72. The molecule has 0 saturated carbocycles. The lowest BCUT2D eigenvalue weighted by atomic mass is 10.0. The van der Waals surface area contributed by atoms with Crippen molar-refractivity contribution < 1.29 is 14.3 Å². The fraction of sp³-hybridized carbons (Fsp3) is 0.400. The molecule has 3 aliphatic rings. The molecule has 0 aliphatic carbocycles. The smallest absolute Gasteiger partial charge is 0.277 e. The highest BCUT2D eigenvalue weighted by Gasteiger charge is 2.42. The largest absolute Gasteiger partial charge is 0.379 e. The Bertz CT molecular complexity index is 1010. The van der Waals surface area contributed by atoms with Gasteiger partial charge in [0, 0.05) is 58.6 Å². The van der Waals surface area contributed by atoms with Gasteiger partial charge in [-0.3, -0.25) is 19.4 Å². The molecular weight excluding hydrogens is 418 g/mol. The Morgan fingerprint density at radius 3 is 2.15 bits per heavy atom. The normalized spacial score (nSPS) is 20.2. The number of pyridine rings is 1. The number of benzene rings is 1. The zero-order valence-corrected chi connectivity index (χ0v) is 18.7. The van der Waals surface area contributed by atoms with Gasteiger partial charge in [0.05, 0.1) is 18.8 Å². The standard InChI is InChI=1S/C25H29N5O3/c31-24-22(20-6-2-1-3-7-20)23(25(32)30(24)15-10-27-16-18-33-19-17-27)29-13-11-28(12-14-29)21-8-4-5-9-26-21/h1-9H,10-19H2. The van der Waals surface area contributed by atoms with Gasteiger partial charge in [-0.05, 0) is 17.7 Å². The number of anilines is 1. The molecule has 33 heavy (non-hydrogen) atoms. The van der Waals surface area contributed by atoms with Crippen LogP contribution in [0.3, 0.4) is 0 Å². The third-order valence-electron chi connectivity index (χ3n) is 6.52. The molecule has 1 aromatic heterocycles. The van der Waals surface area contributed by atoms with Gasteiger partial charge in [0.1, 0.15) is 11.5 Å². The van der Waals surface area contributed by atoms with E-state index in [9.17, 15) is 9.59 Å². The third-order valence-corrected chi connectivity index (χ3v) is 6.52. The maximum Gasteiger partial charge on any atom is 0.277 e. The van der Waals surface area contributed by atoms with Gasteiger partial charge < -0.3 is 14.5 Å². The molecule has 0 atom stereocenters. The predicted octanol–water partition coefficient (Wildman–Crippen LogP) is 1.32. The maximum atomic E-state index is 13.6. The summed E-state index contributed by atoms with van der Waals surface area (Å²) in [7, 11) is 0. The zero-order valence-electron chi connectivity index (χ0n) is 18.7. The lowest BCUT2D eigenvalue weighted by molar-refractivity contribution is -0.138. The van der Waals surface area contributed by atoms with Crippen LogP contribution < -0.4 is 4.90 Å². The first-order valence-electron chi connectivity index (χ1n) is 11.6. The number of aromatic nitrogens is 1. The van der Waals surface area contributed by atoms with E-state index < -0.39 is 0 Å². The van der Waals surface area contributed by atoms with E-state index in [1.165, 1.54) is 4.90 Å². The summed E-state index contributed by atoms with van der Waals surface area (Å²) in [6, 6.07) is 15.5. The highest BCUT2D eigenvalue weighted by molar-refractivity contribution is 6.35. The van der Waals surface area contributed by atoms with Crippen LogP contribution in [-0.4, -0.2) is 97.1 Å². The average molecular weight is 448 g/mol. The summed E-state index contributed by atoms with van der Waals surface area (Å²) in [4.78, 5) is 39.5. The number of imide groups is 1. The Kier molecular flexibility index (Phi) is 6.37. The van der Waals surface area contributed by atoms with Crippen LogP contribution in [-0.2, 0) is 14.3 Å². The lowest BCUT2D eigenvalue weighted by Gasteiger charge is -2.37. The van der Waals surface area contributed by atoms with Gasteiger partial charge in [0.25, 0.3) is 11.8 Å². The van der Waals surface area contributed by atoms with Crippen LogP contribution in [0.25, 0.3) is 5.57 Å². The quantitative estimate of drug-likeness (QED) is 0.619. The maximum absolute atomic E-state index is 13.6. The van der Waals surface area contributed by atoms with Crippen molar-refractivity contribution in [2.45, 2.75) is 0 Å². The minimum Gasteiger partial charge on any atom is -0.379 e. The topological polar surface area (TPSA) is 69.2 Å². The van der Waals surface area contributed by atoms with Crippen LogP contribution in [0, 0.1) is 0 Å². The van der Waals surface area contributed by atoms with E-state index in [4.69, 9.17) is 4.74 Å². The van der Waals surface area contributed by atoms with Crippen molar-refractivity contribution in [3.05, 3.63) is 66.0 Å². The summed E-state index contributed by atoms with van der Waals surface area (Å²) < 4.78 is 5.41. The number of carbonyl (C=O) groups excluding carboxylic acids is 2. The third kappa shape index (κ3) is 4.49. The molecule has 2 amide bonds. The summed E-state index contributed by atoms with van der Waals surface area (Å²) in [5.41, 5.74) is 1.86. The molecule has 0 unspecified atom stereocenters. The monoisotopic (exact) mass is 447 g/mol. The van der Waals surface area contributed by atoms with Crippen LogP contribution in [0.2, 0.25) is 0 Å². The van der Waals surface area contributed by atoms with Crippen molar-refractivity contribution >= 4 is 23.2 Å². The number of morpholine rings is 1. The number of carbonyl (C=O) groups is 2. The number of hydrogen-bond acceptors (Lipinski definition) is 7. The number of ether oxygens (including phenoxy) is 1. The highest BCUT2D eigenvalue weighted by Crippen LogP contribution is 2.32. The van der Waals surface area contributed by atoms with Gasteiger partial charge in [-0.1, -0.05) is 36.4 Å². The van der Waals surface area contributed by atoms with Crippen molar-refractivity contribution in [3.8, 4) is 0 Å². The fourth-order valence-corrected chi connectivity index (χ4v) is 4.69. The summed E-state index contributed by atoms with van der Waals surface area (Å²) in [6.07, 6.45) is 1.79. The molecule has 8 nitrogen and oxygen atoms in total. The molecular formula is C25H29N5O3. The Morgan fingerprint density at radius 1 is 0.758 bits per heavy atom. The molecule has 2 aromatic rings. The number of hydrogen-bond donors (Lipinski definition) is 0. The van der Waals surface area contributed by atoms with E-state index in [0.717, 1.165) is 37.6 Å². The number of amides is 2. The molecule has 5 rings (SSSR count). The first-order chi connectivity index (χ1) is 16.2. The van der Waals surface area contributed by atoms with Gasteiger partial charge in [-0.25, -0.2) is 4.98 Å². The summed E-state index contributed by atoms with van der Waals surface area (Å²) >= 11 is 0. The summed E-state index contributed by atoms with van der Waals surface area (Å²) in [5.74, 6) is 0.565. The molecule has 3 aliphatic heterocycles. The number of piperazine rings is 1. The van der Waals surface area contributed by atoms with Crippen molar-refractivity contribution in [3.63, 3.8) is 0 Å². The Labute approximate surface area is 194 Å². The Morgan fingerprint density at radius 2 is 1.45 bits per heavy atom. The predicted molar refractivity (Wildman–Crippen MR) is 125 cm³/mol.